The summed E-state index contributed by atoms with van der Waals surface area (Å²) in [4.78, 5) is 45.1. The van der Waals surface area contributed by atoms with Gasteiger partial charge < -0.3 is 38.9 Å². The number of carbonyl (C=O) groups is 3. The van der Waals surface area contributed by atoms with E-state index in [0.717, 1.165) is 77.5 Å². The molecule has 2 atom stereocenters. The lowest BCUT2D eigenvalue weighted by atomic mass is 10.1. The van der Waals surface area contributed by atoms with Crippen molar-refractivity contribution in [1.82, 2.24) is 14.7 Å². The van der Waals surface area contributed by atoms with E-state index in [1.165, 1.54) is 0 Å². The van der Waals surface area contributed by atoms with Crippen LogP contribution in [0.2, 0.25) is 0 Å². The molecule has 3 saturated heterocycles. The summed E-state index contributed by atoms with van der Waals surface area (Å²) in [5, 5.41) is 38.1. The number of phenolic OH excluding ortho intramolecular Hbond substituents is 2. The monoisotopic (exact) mass is 853 g/mol. The largest absolute Gasteiger partial charge is 0.504 e. The standard InChI is InChI=1S/C24H28N2O4S2.C19H15N3O4S/c27-17-23(25-9-13-29-14-10-25)19-1-5-21(6-2-19)31-32-22-7-3-20(4-8-22)24(18-28)26-11-15-30-16-12-26;20-10-13-9-16(23)17(24)15(11-21)18(13)27-14-3-1-12(2-4-14)19(25)22-5-7-26-8-6-22/h1-8,17-18,23-24H,9-16H2;1-4,9,23-24H,5-8H2. The first-order valence-electron chi connectivity index (χ1n) is 19.0. The topological polar surface area (TPSA) is 177 Å². The van der Waals surface area contributed by atoms with E-state index in [1.807, 2.05) is 36.4 Å². The Morgan fingerprint density at radius 2 is 1.08 bits per heavy atom. The van der Waals surface area contributed by atoms with Crippen molar-refractivity contribution in [3.63, 3.8) is 0 Å². The maximum atomic E-state index is 12.5. The van der Waals surface area contributed by atoms with Crippen LogP contribution >= 0.6 is 33.3 Å². The van der Waals surface area contributed by atoms with Gasteiger partial charge in [0.2, 0.25) is 0 Å². The van der Waals surface area contributed by atoms with Crippen molar-refractivity contribution in [1.29, 1.82) is 10.5 Å². The molecule has 3 aliphatic rings. The molecule has 0 aromatic heterocycles. The van der Waals surface area contributed by atoms with Crippen molar-refractivity contribution in [2.24, 2.45) is 0 Å². The van der Waals surface area contributed by atoms with E-state index < -0.39 is 11.5 Å². The highest BCUT2D eigenvalue weighted by Gasteiger charge is 2.24. The van der Waals surface area contributed by atoms with E-state index >= 15 is 0 Å². The molecule has 3 heterocycles. The molecule has 0 radical (unpaired) electrons. The van der Waals surface area contributed by atoms with Crippen LogP contribution in [0.1, 0.15) is 44.7 Å². The van der Waals surface area contributed by atoms with Crippen molar-refractivity contribution in [2.45, 2.75) is 31.7 Å². The van der Waals surface area contributed by atoms with Crippen molar-refractivity contribution >= 4 is 51.8 Å². The molecule has 0 saturated carbocycles. The Bertz CT molecular complexity index is 2050. The number of ether oxygens (including phenoxy) is 3. The Hall–Kier alpha value is -4.88. The second-order valence-corrected chi connectivity index (χ2v) is 16.9. The van der Waals surface area contributed by atoms with Crippen molar-refractivity contribution < 1.29 is 38.8 Å². The molecule has 16 heteroatoms. The van der Waals surface area contributed by atoms with Crippen molar-refractivity contribution in [2.75, 3.05) is 78.9 Å². The quantitative estimate of drug-likeness (QED) is 0.0950. The molecule has 0 aliphatic carbocycles. The first-order valence-corrected chi connectivity index (χ1v) is 21.9. The molecule has 2 unspecified atom stereocenters. The Kier molecular flexibility index (Phi) is 16.2. The molecule has 4 aromatic carbocycles. The zero-order valence-corrected chi connectivity index (χ0v) is 34.6. The maximum Gasteiger partial charge on any atom is 0.254 e. The number of nitriles is 2. The van der Waals surface area contributed by atoms with Crippen LogP contribution in [0.25, 0.3) is 0 Å². The highest BCUT2D eigenvalue weighted by Crippen LogP contribution is 2.42. The molecule has 4 aromatic rings. The number of phenols is 2. The molecule has 2 N–H and O–H groups in total. The van der Waals surface area contributed by atoms with Crippen molar-refractivity contribution in [3.8, 4) is 23.6 Å². The van der Waals surface area contributed by atoms with Gasteiger partial charge in [0.25, 0.3) is 5.91 Å². The highest BCUT2D eigenvalue weighted by atomic mass is 33.1. The zero-order chi connectivity index (χ0) is 41.6. The van der Waals surface area contributed by atoms with E-state index in [4.69, 9.17) is 14.2 Å². The zero-order valence-electron chi connectivity index (χ0n) is 32.1. The van der Waals surface area contributed by atoms with Gasteiger partial charge in [-0.05, 0) is 59.7 Å². The number of hydrogen-bond donors (Lipinski definition) is 2. The number of aromatic hydroxyl groups is 2. The average molecular weight is 854 g/mol. The summed E-state index contributed by atoms with van der Waals surface area (Å²) in [6.45, 7) is 7.98. The predicted octanol–water partition coefficient (Wildman–Crippen LogP) is 6.10. The third kappa shape index (κ3) is 11.4. The van der Waals surface area contributed by atoms with Crippen molar-refractivity contribution in [3.05, 3.63) is 107 Å². The fourth-order valence-corrected chi connectivity index (χ4v) is 9.56. The minimum atomic E-state index is -0.557. The number of benzene rings is 4. The number of hydrogen-bond acceptors (Lipinski definition) is 15. The Balaban J connectivity index is 0.000000201. The van der Waals surface area contributed by atoms with Gasteiger partial charge in [0.15, 0.2) is 11.5 Å². The van der Waals surface area contributed by atoms with Crippen LogP contribution in [-0.4, -0.2) is 122 Å². The molecular weight excluding hydrogens is 811 g/mol. The van der Waals surface area contributed by atoms with Gasteiger partial charge in [0.1, 0.15) is 30.3 Å². The fourth-order valence-electron chi connectivity index (χ4n) is 6.67. The van der Waals surface area contributed by atoms with E-state index in [-0.39, 0.29) is 34.0 Å². The van der Waals surface area contributed by atoms with E-state index in [1.54, 1.807) is 50.8 Å². The Morgan fingerprint density at radius 3 is 1.51 bits per heavy atom. The highest BCUT2D eigenvalue weighted by molar-refractivity contribution is 8.76. The molecule has 13 nitrogen and oxygen atoms in total. The third-order valence-corrected chi connectivity index (χ3v) is 13.5. The lowest BCUT2D eigenvalue weighted by Crippen LogP contribution is -2.40. The van der Waals surface area contributed by atoms with Crippen LogP contribution in [-0.2, 0) is 23.8 Å². The van der Waals surface area contributed by atoms with E-state index in [2.05, 4.69) is 34.1 Å². The number of nitrogens with zero attached hydrogens (tertiary/aromatic N) is 5. The predicted molar refractivity (Wildman–Crippen MR) is 223 cm³/mol. The summed E-state index contributed by atoms with van der Waals surface area (Å²) in [6.07, 6.45) is 2.04. The minimum absolute atomic E-state index is 0.0763. The van der Waals surface area contributed by atoms with Gasteiger partial charge in [0, 0.05) is 65.6 Å². The van der Waals surface area contributed by atoms with Gasteiger partial charge >= 0.3 is 0 Å². The van der Waals surface area contributed by atoms with Gasteiger partial charge in [0.05, 0.1) is 62.2 Å². The maximum absolute atomic E-state index is 12.5. The molecule has 306 valence electrons. The van der Waals surface area contributed by atoms with Gasteiger partial charge in [-0.3, -0.25) is 14.6 Å². The van der Waals surface area contributed by atoms with Crippen LogP contribution in [0.4, 0.5) is 0 Å². The summed E-state index contributed by atoms with van der Waals surface area (Å²) in [6, 6.07) is 27.6. The average Bonchev–Trinajstić information content (AvgIpc) is 3.29. The number of morpholine rings is 3. The first kappa shape index (κ1) is 43.7. The summed E-state index contributed by atoms with van der Waals surface area (Å²) in [5.41, 5.74) is 2.49. The van der Waals surface area contributed by atoms with E-state index in [0.29, 0.717) is 63.2 Å². The van der Waals surface area contributed by atoms with Gasteiger partial charge in [-0.1, -0.05) is 57.6 Å². The third-order valence-electron chi connectivity index (χ3n) is 9.90. The van der Waals surface area contributed by atoms with Crippen LogP contribution in [0.5, 0.6) is 11.5 Å². The lowest BCUT2D eigenvalue weighted by molar-refractivity contribution is -0.115. The summed E-state index contributed by atoms with van der Waals surface area (Å²) >= 11 is 1.11. The van der Waals surface area contributed by atoms with Crippen LogP contribution in [0, 0.1) is 22.7 Å². The number of carbonyl (C=O) groups excluding carboxylic acids is 3. The van der Waals surface area contributed by atoms with Crippen LogP contribution in [0.15, 0.2) is 98.4 Å². The van der Waals surface area contributed by atoms with Gasteiger partial charge in [-0.25, -0.2) is 0 Å². The summed E-state index contributed by atoms with van der Waals surface area (Å²) in [7, 11) is 3.37. The Morgan fingerprint density at radius 1 is 0.644 bits per heavy atom. The van der Waals surface area contributed by atoms with Crippen LogP contribution < -0.4 is 0 Å². The molecule has 7 rings (SSSR count). The second kappa shape index (κ2) is 21.9. The van der Waals surface area contributed by atoms with E-state index in [9.17, 15) is 35.1 Å². The smallest absolute Gasteiger partial charge is 0.254 e. The molecule has 59 heavy (non-hydrogen) atoms. The fraction of sp³-hybridized carbons (Fsp3) is 0.326. The minimum Gasteiger partial charge on any atom is -0.504 e. The molecule has 0 bridgehead atoms. The molecule has 0 spiro atoms. The summed E-state index contributed by atoms with van der Waals surface area (Å²) in [5.74, 6) is -1.15. The first-order chi connectivity index (χ1) is 28.8. The molecular formula is C43H43N5O8S3. The lowest BCUT2D eigenvalue weighted by Gasteiger charge is -2.31. The normalized spacial score (nSPS) is 17.0. The number of aldehydes is 2. The van der Waals surface area contributed by atoms with Crippen LogP contribution in [0.3, 0.4) is 0 Å². The second-order valence-electron chi connectivity index (χ2n) is 13.5. The van der Waals surface area contributed by atoms with Gasteiger partial charge in [-0.2, -0.15) is 10.5 Å². The molecule has 3 aliphatic heterocycles. The molecule has 1 amide bonds. The number of rotatable bonds is 12. The molecule has 3 fully saturated rings. The van der Waals surface area contributed by atoms with Gasteiger partial charge in [-0.15, -0.1) is 0 Å². The summed E-state index contributed by atoms with van der Waals surface area (Å²) < 4.78 is 16.0. The Labute approximate surface area is 355 Å². The SMILES string of the molecule is N#Cc1cc(O)c(O)c(C#N)c1Sc1ccc(C(=O)N2CCOCC2)cc1.O=CC(c1ccc(SSc2ccc(C(C=O)N3CCOCC3)cc2)cc1)N1CCOCC1. The number of amides is 1.